The molecule has 0 aromatic heterocycles. The predicted octanol–water partition coefficient (Wildman–Crippen LogP) is 5.72. The number of rotatable bonds is 6. The number of halogens is 3. The molecule has 1 aliphatic heterocycles. The van der Waals surface area contributed by atoms with Gasteiger partial charge in [-0.3, -0.25) is 0 Å². The number of methoxy groups -OCH3 is 1. The molecule has 0 amide bonds. The fourth-order valence-electron chi connectivity index (χ4n) is 5.27. The van der Waals surface area contributed by atoms with E-state index in [2.05, 4.69) is 0 Å². The molecular weight excluding hydrogens is 357 g/mol. The van der Waals surface area contributed by atoms with Crippen molar-refractivity contribution in [2.24, 2.45) is 23.7 Å². The van der Waals surface area contributed by atoms with Crippen molar-refractivity contribution in [2.45, 2.75) is 89.2 Å². The lowest BCUT2D eigenvalue weighted by atomic mass is 9.70. The van der Waals surface area contributed by atoms with Gasteiger partial charge in [-0.2, -0.15) is 13.2 Å². The third-order valence-corrected chi connectivity index (χ3v) is 6.99. The zero-order chi connectivity index (χ0) is 19.3. The van der Waals surface area contributed by atoms with E-state index in [1.807, 2.05) is 7.11 Å². The molecule has 0 unspecified atom stereocenters. The maximum atomic E-state index is 12.2. The SMILES string of the molecule is COC1CCC(C2CCC(C3OCC(CCCC(F)(F)F)CO3)CC2)CC1. The van der Waals surface area contributed by atoms with Crippen LogP contribution in [-0.4, -0.2) is 38.9 Å². The monoisotopic (exact) mass is 392 g/mol. The van der Waals surface area contributed by atoms with Gasteiger partial charge < -0.3 is 14.2 Å². The summed E-state index contributed by atoms with van der Waals surface area (Å²) in [4.78, 5) is 0. The van der Waals surface area contributed by atoms with Gasteiger partial charge in [0.15, 0.2) is 6.29 Å². The average Bonchev–Trinajstić information content (AvgIpc) is 2.68. The van der Waals surface area contributed by atoms with Crippen LogP contribution in [-0.2, 0) is 14.2 Å². The molecule has 3 aliphatic rings. The largest absolute Gasteiger partial charge is 0.389 e. The van der Waals surface area contributed by atoms with Crippen molar-refractivity contribution in [3.63, 3.8) is 0 Å². The first-order valence-electron chi connectivity index (χ1n) is 10.8. The highest BCUT2D eigenvalue weighted by Crippen LogP contribution is 2.42. The highest BCUT2D eigenvalue weighted by molar-refractivity contribution is 4.83. The van der Waals surface area contributed by atoms with Crippen LogP contribution >= 0.6 is 0 Å². The van der Waals surface area contributed by atoms with Crippen LogP contribution < -0.4 is 0 Å². The first kappa shape index (κ1) is 21.4. The molecule has 1 heterocycles. The maximum Gasteiger partial charge on any atom is 0.389 e. The number of hydrogen-bond acceptors (Lipinski definition) is 3. The first-order chi connectivity index (χ1) is 12.9. The molecule has 3 rings (SSSR count). The van der Waals surface area contributed by atoms with Gasteiger partial charge >= 0.3 is 6.18 Å². The van der Waals surface area contributed by atoms with Gasteiger partial charge in [0.1, 0.15) is 0 Å². The van der Waals surface area contributed by atoms with Crippen molar-refractivity contribution < 1.29 is 27.4 Å². The zero-order valence-corrected chi connectivity index (χ0v) is 16.5. The molecule has 0 bridgehead atoms. The summed E-state index contributed by atoms with van der Waals surface area (Å²) in [6.45, 7) is 1.09. The van der Waals surface area contributed by atoms with Gasteiger partial charge in [0.25, 0.3) is 0 Å². The van der Waals surface area contributed by atoms with E-state index in [1.54, 1.807) is 0 Å². The molecular formula is C21H35F3O3. The highest BCUT2D eigenvalue weighted by atomic mass is 19.4. The zero-order valence-electron chi connectivity index (χ0n) is 16.5. The molecule has 2 saturated carbocycles. The van der Waals surface area contributed by atoms with Crippen molar-refractivity contribution >= 4 is 0 Å². The Labute approximate surface area is 161 Å². The molecule has 27 heavy (non-hydrogen) atoms. The Morgan fingerprint density at radius 1 is 0.815 bits per heavy atom. The van der Waals surface area contributed by atoms with Crippen LogP contribution in [0.5, 0.6) is 0 Å². The van der Waals surface area contributed by atoms with E-state index >= 15 is 0 Å². The fraction of sp³-hybridized carbons (Fsp3) is 1.00. The molecule has 0 N–H and O–H groups in total. The van der Waals surface area contributed by atoms with Crippen molar-refractivity contribution in [3.8, 4) is 0 Å². The average molecular weight is 393 g/mol. The third kappa shape index (κ3) is 6.60. The van der Waals surface area contributed by atoms with E-state index in [0.29, 0.717) is 31.7 Å². The van der Waals surface area contributed by atoms with Gasteiger partial charge in [-0.1, -0.05) is 0 Å². The van der Waals surface area contributed by atoms with Gasteiger partial charge in [-0.05, 0) is 76.0 Å². The van der Waals surface area contributed by atoms with Gasteiger partial charge in [-0.15, -0.1) is 0 Å². The molecule has 6 heteroatoms. The van der Waals surface area contributed by atoms with E-state index in [0.717, 1.165) is 24.7 Å². The summed E-state index contributed by atoms with van der Waals surface area (Å²) in [7, 11) is 1.82. The first-order valence-corrected chi connectivity index (χ1v) is 10.8. The van der Waals surface area contributed by atoms with Crippen LogP contribution in [0.15, 0.2) is 0 Å². The van der Waals surface area contributed by atoms with Gasteiger partial charge in [-0.25, -0.2) is 0 Å². The van der Waals surface area contributed by atoms with Crippen molar-refractivity contribution in [2.75, 3.05) is 20.3 Å². The smallest absolute Gasteiger partial charge is 0.381 e. The molecule has 2 aliphatic carbocycles. The van der Waals surface area contributed by atoms with E-state index in [-0.39, 0.29) is 18.6 Å². The van der Waals surface area contributed by atoms with Crippen molar-refractivity contribution in [3.05, 3.63) is 0 Å². The van der Waals surface area contributed by atoms with E-state index < -0.39 is 12.6 Å². The van der Waals surface area contributed by atoms with Crippen LogP contribution in [0.25, 0.3) is 0 Å². The Balaban J connectivity index is 1.31. The lowest BCUT2D eigenvalue weighted by Crippen LogP contribution is -2.39. The third-order valence-electron chi connectivity index (χ3n) is 6.99. The van der Waals surface area contributed by atoms with Crippen LogP contribution in [0.1, 0.15) is 70.6 Å². The summed E-state index contributed by atoms with van der Waals surface area (Å²) in [5.41, 5.74) is 0. The fourth-order valence-corrected chi connectivity index (χ4v) is 5.27. The molecule has 3 fully saturated rings. The Hall–Kier alpha value is -0.330. The minimum Gasteiger partial charge on any atom is -0.381 e. The van der Waals surface area contributed by atoms with Crippen LogP contribution in [0.3, 0.4) is 0 Å². The minimum atomic E-state index is -4.06. The van der Waals surface area contributed by atoms with Gasteiger partial charge in [0.05, 0.1) is 19.3 Å². The highest BCUT2D eigenvalue weighted by Gasteiger charge is 2.36. The summed E-state index contributed by atoms with van der Waals surface area (Å²) >= 11 is 0. The Morgan fingerprint density at radius 3 is 1.85 bits per heavy atom. The normalized spacial score (nSPS) is 38.7. The Bertz CT molecular complexity index is 419. The maximum absolute atomic E-state index is 12.2. The molecule has 3 nitrogen and oxygen atoms in total. The molecule has 0 radical (unpaired) electrons. The van der Waals surface area contributed by atoms with Crippen LogP contribution in [0, 0.1) is 23.7 Å². The van der Waals surface area contributed by atoms with Crippen molar-refractivity contribution in [1.29, 1.82) is 0 Å². The second kappa shape index (κ2) is 9.93. The quantitative estimate of drug-likeness (QED) is 0.579. The molecule has 0 spiro atoms. The summed E-state index contributed by atoms with van der Waals surface area (Å²) < 4.78 is 54.0. The second-order valence-electron chi connectivity index (χ2n) is 8.86. The van der Waals surface area contributed by atoms with E-state index in [9.17, 15) is 13.2 Å². The van der Waals surface area contributed by atoms with Crippen LogP contribution in [0.4, 0.5) is 13.2 Å². The van der Waals surface area contributed by atoms with Gasteiger partial charge in [0, 0.05) is 25.4 Å². The van der Waals surface area contributed by atoms with E-state index in [1.165, 1.54) is 38.5 Å². The standard InChI is InChI=1S/C21H35F3O3/c1-25-19-10-8-17(9-11-19)16-4-6-18(7-5-16)20-26-13-15(14-27-20)3-2-12-21(22,23)24/h15-20H,2-14H2,1H3. The van der Waals surface area contributed by atoms with E-state index in [4.69, 9.17) is 14.2 Å². The number of alkyl halides is 3. The molecule has 0 atom stereocenters. The molecule has 158 valence electrons. The molecule has 0 aromatic rings. The predicted molar refractivity (Wildman–Crippen MR) is 97.3 cm³/mol. The Morgan fingerprint density at radius 2 is 1.33 bits per heavy atom. The Kier molecular flexibility index (Phi) is 7.86. The topological polar surface area (TPSA) is 27.7 Å². The summed E-state index contributed by atoms with van der Waals surface area (Å²) in [5.74, 6) is 2.24. The summed E-state index contributed by atoms with van der Waals surface area (Å²) in [5, 5.41) is 0. The molecule has 0 aromatic carbocycles. The van der Waals surface area contributed by atoms with Gasteiger partial charge in [0.2, 0.25) is 0 Å². The minimum absolute atomic E-state index is 0.107. The summed E-state index contributed by atoms with van der Waals surface area (Å²) in [6.07, 6.45) is 6.06. The second-order valence-corrected chi connectivity index (χ2v) is 8.86. The number of ether oxygens (including phenoxy) is 3. The lowest BCUT2D eigenvalue weighted by molar-refractivity contribution is -0.231. The van der Waals surface area contributed by atoms with Crippen LogP contribution in [0.2, 0.25) is 0 Å². The van der Waals surface area contributed by atoms with Crippen molar-refractivity contribution in [1.82, 2.24) is 0 Å². The number of hydrogen-bond donors (Lipinski definition) is 0. The molecule has 1 saturated heterocycles. The lowest BCUT2D eigenvalue weighted by Gasteiger charge is -2.41. The summed E-state index contributed by atoms with van der Waals surface area (Å²) in [6, 6.07) is 0.